The third kappa shape index (κ3) is 5.70. The molecule has 0 bridgehead atoms. The second-order valence-corrected chi connectivity index (χ2v) is 7.07. The van der Waals surface area contributed by atoms with Gasteiger partial charge in [0.05, 0.1) is 0 Å². The Morgan fingerprint density at radius 1 is 0.964 bits per heavy atom. The van der Waals surface area contributed by atoms with Crippen LogP contribution in [0.3, 0.4) is 0 Å². The Hall–Kier alpha value is -3.09. The number of rotatable bonds is 4. The number of aryl methyl sites for hydroxylation is 1. The predicted octanol–water partition coefficient (Wildman–Crippen LogP) is 4.20. The van der Waals surface area contributed by atoms with Crippen molar-refractivity contribution in [2.24, 2.45) is 5.92 Å². The quantitative estimate of drug-likeness (QED) is 0.739. The first-order chi connectivity index (χ1) is 13.5. The molecule has 0 radical (unpaired) electrons. The lowest BCUT2D eigenvalue weighted by Gasteiger charge is -2.32. The number of carbonyl (C=O) groups is 2. The average molecular weight is 384 g/mol. The summed E-state index contributed by atoms with van der Waals surface area (Å²) in [4.78, 5) is 26.1. The van der Waals surface area contributed by atoms with Crippen LogP contribution < -0.4 is 16.0 Å². The van der Waals surface area contributed by atoms with Crippen LogP contribution >= 0.6 is 0 Å². The highest BCUT2D eigenvalue weighted by Crippen LogP contribution is 2.18. The first-order valence-corrected chi connectivity index (χ1v) is 9.42. The van der Waals surface area contributed by atoms with Crippen LogP contribution in [0.15, 0.2) is 48.5 Å². The monoisotopic (exact) mass is 384 g/mol. The van der Waals surface area contributed by atoms with Crippen molar-refractivity contribution in [1.29, 1.82) is 0 Å². The van der Waals surface area contributed by atoms with Gasteiger partial charge >= 0.3 is 12.1 Å². The number of carbonyl (C=O) groups excluding carboxylic acids is 2. The van der Waals surface area contributed by atoms with Crippen LogP contribution in [0.1, 0.15) is 18.4 Å². The van der Waals surface area contributed by atoms with E-state index in [0.717, 1.165) is 24.1 Å². The van der Waals surface area contributed by atoms with Gasteiger partial charge in [-0.3, -0.25) is 0 Å². The molecule has 0 aliphatic carbocycles. The van der Waals surface area contributed by atoms with Crippen molar-refractivity contribution in [2.75, 3.05) is 30.3 Å². The minimum absolute atomic E-state index is 0.185. The highest BCUT2D eigenvalue weighted by molar-refractivity contribution is 5.89. The summed E-state index contributed by atoms with van der Waals surface area (Å²) in [6.07, 6.45) is 1.64. The molecule has 1 aliphatic heterocycles. The Morgan fingerprint density at radius 3 is 2.18 bits per heavy atom. The lowest BCUT2D eigenvalue weighted by molar-refractivity contribution is 0.181. The molecule has 0 atom stereocenters. The van der Waals surface area contributed by atoms with Crippen LogP contribution in [0.5, 0.6) is 0 Å². The average Bonchev–Trinajstić information content (AvgIpc) is 2.70. The van der Waals surface area contributed by atoms with Crippen LogP contribution in [0.2, 0.25) is 0 Å². The van der Waals surface area contributed by atoms with Crippen LogP contribution in [-0.4, -0.2) is 36.6 Å². The molecule has 28 heavy (non-hydrogen) atoms. The van der Waals surface area contributed by atoms with Gasteiger partial charge in [0.15, 0.2) is 0 Å². The summed E-state index contributed by atoms with van der Waals surface area (Å²) in [5.41, 5.74) is 2.47. The molecule has 0 unspecified atom stereocenters. The van der Waals surface area contributed by atoms with Gasteiger partial charge in [0.2, 0.25) is 0 Å². The van der Waals surface area contributed by atoms with E-state index < -0.39 is 0 Å². The second kappa shape index (κ2) is 9.21. The first-order valence-electron chi connectivity index (χ1n) is 9.42. The van der Waals surface area contributed by atoms with E-state index >= 15 is 0 Å². The summed E-state index contributed by atoms with van der Waals surface area (Å²) in [7, 11) is 0. The Labute approximate surface area is 164 Å². The third-order valence-electron chi connectivity index (χ3n) is 4.86. The van der Waals surface area contributed by atoms with Gasteiger partial charge in [-0.2, -0.15) is 0 Å². The maximum absolute atomic E-state index is 12.9. The molecule has 3 N–H and O–H groups in total. The highest BCUT2D eigenvalue weighted by atomic mass is 19.1. The number of amides is 4. The normalized spacial score (nSPS) is 14.4. The first kappa shape index (κ1) is 19.7. The van der Waals surface area contributed by atoms with Crippen molar-refractivity contribution < 1.29 is 14.0 Å². The Morgan fingerprint density at radius 2 is 1.54 bits per heavy atom. The summed E-state index contributed by atoms with van der Waals surface area (Å²) < 4.78 is 12.9. The van der Waals surface area contributed by atoms with E-state index in [4.69, 9.17) is 0 Å². The van der Waals surface area contributed by atoms with E-state index in [9.17, 15) is 14.0 Å². The molecule has 2 aromatic carbocycles. The van der Waals surface area contributed by atoms with Crippen molar-refractivity contribution in [3.8, 4) is 0 Å². The standard InChI is InChI=1S/C21H25FN4O2/c1-15-2-6-18(7-3-15)24-20(27)23-14-16-10-12-26(13-11-16)21(28)25-19-8-4-17(22)5-9-19/h2-9,16H,10-14H2,1H3,(H,25,28)(H2,23,24,27). The predicted molar refractivity (Wildman–Crippen MR) is 108 cm³/mol. The molecular weight excluding hydrogens is 359 g/mol. The summed E-state index contributed by atoms with van der Waals surface area (Å²) in [6, 6.07) is 12.9. The molecule has 0 spiro atoms. The number of urea groups is 2. The molecule has 7 heteroatoms. The Balaban J connectivity index is 1.37. The molecule has 1 aliphatic rings. The van der Waals surface area contributed by atoms with Crippen LogP contribution in [0.4, 0.5) is 25.4 Å². The molecule has 1 saturated heterocycles. The van der Waals surface area contributed by atoms with E-state index in [1.165, 1.54) is 24.3 Å². The van der Waals surface area contributed by atoms with Gasteiger partial charge < -0.3 is 20.9 Å². The van der Waals surface area contributed by atoms with Crippen LogP contribution in [0, 0.1) is 18.7 Å². The summed E-state index contributed by atoms with van der Waals surface area (Å²) in [5.74, 6) is -0.00336. The number of halogens is 1. The fraction of sp³-hybridized carbons (Fsp3) is 0.333. The zero-order chi connectivity index (χ0) is 19.9. The van der Waals surface area contributed by atoms with Crippen molar-refractivity contribution in [3.63, 3.8) is 0 Å². The fourth-order valence-corrected chi connectivity index (χ4v) is 3.13. The topological polar surface area (TPSA) is 73.5 Å². The highest BCUT2D eigenvalue weighted by Gasteiger charge is 2.23. The number of piperidine rings is 1. The SMILES string of the molecule is Cc1ccc(NC(=O)NCC2CCN(C(=O)Nc3ccc(F)cc3)CC2)cc1. The van der Waals surface area contributed by atoms with E-state index in [1.54, 1.807) is 4.90 Å². The molecule has 1 fully saturated rings. The number of hydrogen-bond donors (Lipinski definition) is 3. The maximum atomic E-state index is 12.9. The Bertz CT molecular complexity index is 800. The van der Waals surface area contributed by atoms with Crippen molar-refractivity contribution in [1.82, 2.24) is 10.2 Å². The smallest absolute Gasteiger partial charge is 0.321 e. The van der Waals surface area contributed by atoms with E-state index in [2.05, 4.69) is 16.0 Å². The molecule has 0 aromatic heterocycles. The number of hydrogen-bond acceptors (Lipinski definition) is 2. The van der Waals surface area contributed by atoms with Gasteiger partial charge in [-0.05, 0) is 62.1 Å². The number of likely N-dealkylation sites (tertiary alicyclic amines) is 1. The lowest BCUT2D eigenvalue weighted by Crippen LogP contribution is -2.43. The molecule has 3 rings (SSSR count). The van der Waals surface area contributed by atoms with Gasteiger partial charge in [0.25, 0.3) is 0 Å². The second-order valence-electron chi connectivity index (χ2n) is 7.07. The zero-order valence-electron chi connectivity index (χ0n) is 15.9. The molecule has 4 amide bonds. The maximum Gasteiger partial charge on any atom is 0.321 e. The Kier molecular flexibility index (Phi) is 6.47. The minimum Gasteiger partial charge on any atom is -0.338 e. The fourth-order valence-electron chi connectivity index (χ4n) is 3.13. The van der Waals surface area contributed by atoms with Gasteiger partial charge in [-0.25, -0.2) is 14.0 Å². The molecular formula is C21H25FN4O2. The van der Waals surface area contributed by atoms with Crippen molar-refractivity contribution in [2.45, 2.75) is 19.8 Å². The van der Waals surface area contributed by atoms with E-state index in [1.807, 2.05) is 31.2 Å². The zero-order valence-corrected chi connectivity index (χ0v) is 15.9. The minimum atomic E-state index is -0.335. The number of benzene rings is 2. The van der Waals surface area contributed by atoms with Gasteiger partial charge in [0, 0.05) is 31.0 Å². The van der Waals surface area contributed by atoms with Gasteiger partial charge in [0.1, 0.15) is 5.82 Å². The third-order valence-corrected chi connectivity index (χ3v) is 4.86. The number of nitrogens with one attached hydrogen (secondary N) is 3. The van der Waals surface area contributed by atoms with Gasteiger partial charge in [-0.15, -0.1) is 0 Å². The van der Waals surface area contributed by atoms with Crippen LogP contribution in [-0.2, 0) is 0 Å². The number of anilines is 2. The molecule has 148 valence electrons. The summed E-state index contributed by atoms with van der Waals surface area (Å²) >= 11 is 0. The van der Waals surface area contributed by atoms with E-state index in [0.29, 0.717) is 31.2 Å². The molecule has 0 saturated carbocycles. The molecule has 2 aromatic rings. The summed E-state index contributed by atoms with van der Waals surface area (Å²) in [5, 5.41) is 8.49. The molecule has 1 heterocycles. The van der Waals surface area contributed by atoms with Crippen LogP contribution in [0.25, 0.3) is 0 Å². The lowest BCUT2D eigenvalue weighted by atomic mass is 9.97. The number of nitrogens with zero attached hydrogens (tertiary/aromatic N) is 1. The van der Waals surface area contributed by atoms with E-state index in [-0.39, 0.29) is 17.9 Å². The summed E-state index contributed by atoms with van der Waals surface area (Å²) in [6.45, 7) is 3.82. The van der Waals surface area contributed by atoms with Crippen molar-refractivity contribution >= 4 is 23.4 Å². The molecule has 6 nitrogen and oxygen atoms in total. The van der Waals surface area contributed by atoms with Gasteiger partial charge in [-0.1, -0.05) is 17.7 Å². The largest absolute Gasteiger partial charge is 0.338 e. The van der Waals surface area contributed by atoms with Crippen molar-refractivity contribution in [3.05, 3.63) is 59.9 Å².